The Morgan fingerprint density at radius 1 is 0.525 bits per heavy atom. The lowest BCUT2D eigenvalue weighted by Gasteiger charge is -2.14. The Kier molecular flexibility index (Phi) is 6.82. The molecule has 0 aliphatic carbocycles. The molecule has 10 nitrogen and oxygen atoms in total. The normalized spacial score (nSPS) is 11.8. The fourth-order valence-electron chi connectivity index (χ4n) is 4.10. The number of rotatable bonds is 8. The van der Waals surface area contributed by atoms with Crippen LogP contribution in [-0.4, -0.2) is 41.3 Å². The largest absolute Gasteiger partial charge is 0.504 e. The molecule has 0 saturated carbocycles. The van der Waals surface area contributed by atoms with E-state index in [1.54, 1.807) is 36.4 Å². The number of phenols is 2. The van der Waals surface area contributed by atoms with Crippen LogP contribution in [0.15, 0.2) is 94.7 Å². The molecule has 0 saturated heterocycles. The van der Waals surface area contributed by atoms with Crippen LogP contribution in [0.4, 0.5) is 0 Å². The summed E-state index contributed by atoms with van der Waals surface area (Å²) in [6.07, 6.45) is 0. The maximum Gasteiger partial charge on any atom is 0.339 e. The minimum absolute atomic E-state index is 0.00706. The second-order valence-electron chi connectivity index (χ2n) is 8.55. The van der Waals surface area contributed by atoms with E-state index in [1.807, 2.05) is 0 Å². The number of hydrogen-bond donors (Lipinski definition) is 2. The van der Waals surface area contributed by atoms with Gasteiger partial charge in [-0.25, -0.2) is 0 Å². The predicted molar refractivity (Wildman–Crippen MR) is 146 cm³/mol. The minimum Gasteiger partial charge on any atom is -0.504 e. The average Bonchev–Trinajstić information content (AvgIpc) is 2.92. The zero-order valence-electron chi connectivity index (χ0n) is 21.1. The van der Waals surface area contributed by atoms with Crippen LogP contribution in [0.25, 0.3) is 21.5 Å². The third-order valence-electron chi connectivity index (χ3n) is 6.08. The van der Waals surface area contributed by atoms with Gasteiger partial charge in [-0.3, -0.25) is 0 Å². The van der Waals surface area contributed by atoms with Crippen LogP contribution in [0.5, 0.6) is 34.5 Å². The van der Waals surface area contributed by atoms with Gasteiger partial charge in [-0.1, -0.05) is 24.3 Å². The summed E-state index contributed by atoms with van der Waals surface area (Å²) in [6.45, 7) is 0. The van der Waals surface area contributed by atoms with Crippen molar-refractivity contribution in [3.8, 4) is 34.5 Å². The van der Waals surface area contributed by atoms with Gasteiger partial charge in [0, 0.05) is 22.9 Å². The smallest absolute Gasteiger partial charge is 0.339 e. The molecule has 5 aromatic rings. The Hall–Kier alpha value is -4.68. The molecule has 0 aromatic heterocycles. The van der Waals surface area contributed by atoms with E-state index >= 15 is 0 Å². The van der Waals surface area contributed by atoms with Gasteiger partial charge in [0.25, 0.3) is 0 Å². The quantitative estimate of drug-likeness (QED) is 0.190. The molecular weight excluding hydrogens is 560 g/mol. The average molecular weight is 583 g/mol. The summed E-state index contributed by atoms with van der Waals surface area (Å²) < 4.78 is 73.3. The lowest BCUT2D eigenvalue weighted by atomic mass is 10.0. The first-order valence-corrected chi connectivity index (χ1v) is 14.4. The van der Waals surface area contributed by atoms with Crippen LogP contribution in [0, 0.1) is 0 Å². The van der Waals surface area contributed by atoms with Gasteiger partial charge in [-0.05, 0) is 59.3 Å². The lowest BCUT2D eigenvalue weighted by Crippen LogP contribution is -2.10. The molecule has 2 N–H and O–H groups in total. The number of ether oxygens (including phenoxy) is 2. The van der Waals surface area contributed by atoms with E-state index in [2.05, 4.69) is 0 Å². The van der Waals surface area contributed by atoms with Crippen molar-refractivity contribution in [2.45, 2.75) is 9.79 Å². The van der Waals surface area contributed by atoms with Crippen molar-refractivity contribution in [3.05, 3.63) is 84.9 Å². The summed E-state index contributed by atoms with van der Waals surface area (Å²) >= 11 is 0. The molecule has 12 heteroatoms. The molecule has 5 aromatic carbocycles. The summed E-state index contributed by atoms with van der Waals surface area (Å²) in [5.41, 5.74) is 0. The van der Waals surface area contributed by atoms with Crippen LogP contribution in [0.3, 0.4) is 0 Å². The van der Waals surface area contributed by atoms with Crippen molar-refractivity contribution in [1.82, 2.24) is 0 Å². The molecule has 0 atom stereocenters. The molecule has 0 bridgehead atoms. The van der Waals surface area contributed by atoms with E-state index < -0.39 is 20.2 Å². The fraction of sp³-hybridized carbons (Fsp3) is 0.0714. The summed E-state index contributed by atoms with van der Waals surface area (Å²) in [6, 6.07) is 20.0. The molecule has 0 amide bonds. The molecule has 0 aliphatic heterocycles. The molecule has 0 fully saturated rings. The van der Waals surface area contributed by atoms with E-state index in [-0.39, 0.29) is 44.3 Å². The molecule has 0 radical (unpaired) electrons. The molecule has 40 heavy (non-hydrogen) atoms. The standard InChI is InChI=1S/C28H22O10S2/c1-35-27-14-19(9-11-23(27)29)39(31,32)37-25-7-3-5-17-13-18-6-4-8-26(22(18)16-21(17)25)38-40(33,34)20-10-12-24(30)28(15-20)36-2/h3-16,29-30H,1-2H3. The van der Waals surface area contributed by atoms with E-state index in [1.165, 1.54) is 50.6 Å². The van der Waals surface area contributed by atoms with Gasteiger partial charge in [-0.2, -0.15) is 16.8 Å². The molecule has 0 aliphatic rings. The third-order valence-corrected chi connectivity index (χ3v) is 8.54. The number of benzene rings is 5. The van der Waals surface area contributed by atoms with E-state index in [0.29, 0.717) is 21.5 Å². The van der Waals surface area contributed by atoms with Gasteiger partial charge in [0.15, 0.2) is 34.5 Å². The van der Waals surface area contributed by atoms with Crippen molar-refractivity contribution >= 4 is 41.8 Å². The third kappa shape index (κ3) is 5.01. The lowest BCUT2D eigenvalue weighted by molar-refractivity contribution is 0.371. The highest BCUT2D eigenvalue weighted by Crippen LogP contribution is 2.37. The first-order chi connectivity index (χ1) is 19.0. The van der Waals surface area contributed by atoms with E-state index in [0.717, 1.165) is 12.1 Å². The fourth-order valence-corrected chi connectivity index (χ4v) is 6.03. The minimum atomic E-state index is -4.34. The highest BCUT2D eigenvalue weighted by atomic mass is 32.2. The second-order valence-corrected chi connectivity index (χ2v) is 11.6. The summed E-state index contributed by atoms with van der Waals surface area (Å²) in [7, 11) is -6.10. The van der Waals surface area contributed by atoms with Gasteiger partial charge >= 0.3 is 20.2 Å². The Morgan fingerprint density at radius 3 is 1.35 bits per heavy atom. The van der Waals surface area contributed by atoms with Crippen LogP contribution >= 0.6 is 0 Å². The Labute approximate surface area is 229 Å². The molecule has 206 valence electrons. The van der Waals surface area contributed by atoms with Crippen molar-refractivity contribution < 1.29 is 44.9 Å². The summed E-state index contributed by atoms with van der Waals surface area (Å²) in [5.74, 6) is -0.553. The van der Waals surface area contributed by atoms with Crippen LogP contribution in [0.2, 0.25) is 0 Å². The summed E-state index contributed by atoms with van der Waals surface area (Å²) in [4.78, 5) is -0.473. The second kappa shape index (κ2) is 10.1. The van der Waals surface area contributed by atoms with E-state index in [9.17, 15) is 27.0 Å². The van der Waals surface area contributed by atoms with Crippen LogP contribution in [0.1, 0.15) is 0 Å². The molecule has 5 rings (SSSR count). The molecular formula is C28H22O10S2. The number of fused-ring (bicyclic) bond motifs is 2. The zero-order valence-corrected chi connectivity index (χ0v) is 22.7. The first kappa shape index (κ1) is 26.9. The Bertz CT molecular complexity index is 1840. The van der Waals surface area contributed by atoms with Gasteiger partial charge in [0.05, 0.1) is 14.2 Å². The number of phenolic OH excluding ortho intramolecular Hbond substituents is 2. The topological polar surface area (TPSA) is 146 Å². The number of hydrogen-bond acceptors (Lipinski definition) is 10. The van der Waals surface area contributed by atoms with Crippen molar-refractivity contribution in [3.63, 3.8) is 0 Å². The number of aromatic hydroxyl groups is 2. The maximum atomic E-state index is 13.1. The van der Waals surface area contributed by atoms with Crippen molar-refractivity contribution in [2.75, 3.05) is 14.2 Å². The summed E-state index contributed by atoms with van der Waals surface area (Å²) in [5, 5.41) is 21.7. The van der Waals surface area contributed by atoms with Crippen molar-refractivity contribution in [1.29, 1.82) is 0 Å². The number of methoxy groups -OCH3 is 2. The zero-order chi connectivity index (χ0) is 28.7. The Balaban J connectivity index is 1.58. The molecule has 0 heterocycles. The monoisotopic (exact) mass is 582 g/mol. The highest BCUT2D eigenvalue weighted by Gasteiger charge is 2.23. The maximum absolute atomic E-state index is 13.1. The first-order valence-electron chi connectivity index (χ1n) is 11.6. The van der Waals surface area contributed by atoms with Gasteiger partial charge < -0.3 is 28.1 Å². The van der Waals surface area contributed by atoms with Gasteiger partial charge in [0.1, 0.15) is 9.79 Å². The van der Waals surface area contributed by atoms with E-state index in [4.69, 9.17) is 17.8 Å². The highest BCUT2D eigenvalue weighted by molar-refractivity contribution is 7.87. The SMILES string of the molecule is COc1cc(S(=O)(=O)Oc2cccc3cc4cccc(OS(=O)(=O)c5ccc(O)c(OC)c5)c4cc23)ccc1O. The molecule has 0 unspecified atom stereocenters. The van der Waals surface area contributed by atoms with Crippen molar-refractivity contribution in [2.24, 2.45) is 0 Å². The Morgan fingerprint density at radius 2 is 0.950 bits per heavy atom. The van der Waals surface area contributed by atoms with Gasteiger partial charge in [-0.15, -0.1) is 0 Å². The predicted octanol–water partition coefficient (Wildman–Crippen LogP) is 4.96. The van der Waals surface area contributed by atoms with Gasteiger partial charge in [0.2, 0.25) is 0 Å². The molecule has 0 spiro atoms. The van der Waals surface area contributed by atoms with Crippen LogP contribution < -0.4 is 17.8 Å². The van der Waals surface area contributed by atoms with Crippen LogP contribution in [-0.2, 0) is 20.2 Å².